The van der Waals surface area contributed by atoms with Crippen LogP contribution in [0.5, 0.6) is 5.75 Å². The Labute approximate surface area is 168 Å². The first-order valence-electron chi connectivity index (χ1n) is 8.44. The molecule has 0 unspecified atom stereocenters. The number of hydrogen-bond donors (Lipinski definition) is 1. The molecule has 0 aliphatic rings. The van der Waals surface area contributed by atoms with Crippen molar-refractivity contribution < 1.29 is 37.2 Å². The molecule has 0 aliphatic carbocycles. The van der Waals surface area contributed by atoms with Crippen molar-refractivity contribution in [2.75, 3.05) is 14.2 Å². The molecular weight excluding hydrogens is 409 g/mol. The van der Waals surface area contributed by atoms with Crippen molar-refractivity contribution in [1.29, 1.82) is 0 Å². The van der Waals surface area contributed by atoms with E-state index in [0.29, 0.717) is 0 Å². The molecule has 1 atom stereocenters. The van der Waals surface area contributed by atoms with Crippen LogP contribution < -0.4 is 10.1 Å². The van der Waals surface area contributed by atoms with Crippen molar-refractivity contribution in [3.63, 3.8) is 0 Å². The number of nitrogens with one attached hydrogen (secondary N) is 1. The molecule has 0 spiro atoms. The number of nitro benzene ring substituents is 1. The molecule has 0 bridgehead atoms. The summed E-state index contributed by atoms with van der Waals surface area (Å²) in [5.74, 6) is -2.07. The summed E-state index contributed by atoms with van der Waals surface area (Å²) in [5, 5.41) is 13.4. The molecule has 0 heterocycles. The van der Waals surface area contributed by atoms with Gasteiger partial charge in [-0.2, -0.15) is 13.2 Å². The van der Waals surface area contributed by atoms with Gasteiger partial charge >= 0.3 is 17.8 Å². The third-order valence-electron chi connectivity index (χ3n) is 4.15. The summed E-state index contributed by atoms with van der Waals surface area (Å²) in [6, 6.07) is 6.61. The highest BCUT2D eigenvalue weighted by molar-refractivity contribution is 5.98. The van der Waals surface area contributed by atoms with E-state index in [1.165, 1.54) is 25.3 Å². The number of hydrogen-bond acceptors (Lipinski definition) is 6. The second-order valence-electron chi connectivity index (χ2n) is 6.06. The summed E-state index contributed by atoms with van der Waals surface area (Å²) in [4.78, 5) is 35.0. The van der Waals surface area contributed by atoms with Crippen molar-refractivity contribution in [1.82, 2.24) is 5.32 Å². The first-order chi connectivity index (χ1) is 14.1. The van der Waals surface area contributed by atoms with Crippen LogP contribution in [0.3, 0.4) is 0 Å². The van der Waals surface area contributed by atoms with E-state index in [1.807, 2.05) is 0 Å². The Balaban J connectivity index is 2.33. The summed E-state index contributed by atoms with van der Waals surface area (Å²) in [6.45, 7) is 0. The van der Waals surface area contributed by atoms with Crippen LogP contribution in [0.4, 0.5) is 18.9 Å². The highest BCUT2D eigenvalue weighted by Crippen LogP contribution is 2.32. The molecular formula is C19H17F3N2O6. The predicted molar refractivity (Wildman–Crippen MR) is 98.1 cm³/mol. The van der Waals surface area contributed by atoms with E-state index in [9.17, 15) is 32.9 Å². The van der Waals surface area contributed by atoms with Gasteiger partial charge in [-0.1, -0.05) is 18.2 Å². The summed E-state index contributed by atoms with van der Waals surface area (Å²) in [5.41, 5.74) is -1.93. The molecule has 2 aromatic rings. The summed E-state index contributed by atoms with van der Waals surface area (Å²) < 4.78 is 49.0. The van der Waals surface area contributed by atoms with Crippen LogP contribution in [-0.4, -0.2) is 37.1 Å². The van der Waals surface area contributed by atoms with Crippen molar-refractivity contribution in [3.8, 4) is 5.75 Å². The van der Waals surface area contributed by atoms with Gasteiger partial charge in [0.05, 0.1) is 30.3 Å². The van der Waals surface area contributed by atoms with E-state index < -0.39 is 40.1 Å². The average Bonchev–Trinajstić information content (AvgIpc) is 2.71. The average molecular weight is 426 g/mol. The minimum absolute atomic E-state index is 0.0125. The third kappa shape index (κ3) is 5.25. The SMILES string of the molecule is COC(=O)[C@@H](Cc1ccc(OC)c([N+](=O)[O-])c1)NC(=O)c1ccccc1C(F)(F)F. The summed E-state index contributed by atoms with van der Waals surface area (Å²) in [7, 11) is 2.29. The quantitative estimate of drug-likeness (QED) is 0.414. The number of nitrogens with zero attached hydrogens (tertiary/aromatic N) is 1. The molecule has 0 aromatic heterocycles. The molecule has 0 saturated heterocycles. The fraction of sp³-hybridized carbons (Fsp3) is 0.263. The monoisotopic (exact) mass is 426 g/mol. The van der Waals surface area contributed by atoms with Crippen molar-refractivity contribution >= 4 is 17.6 Å². The molecule has 1 N–H and O–H groups in total. The van der Waals surface area contributed by atoms with E-state index in [4.69, 9.17) is 4.74 Å². The Morgan fingerprint density at radius 1 is 1.17 bits per heavy atom. The number of halogens is 3. The van der Waals surface area contributed by atoms with Gasteiger partial charge in [0.25, 0.3) is 5.91 Å². The topological polar surface area (TPSA) is 108 Å². The lowest BCUT2D eigenvalue weighted by Crippen LogP contribution is -2.43. The van der Waals surface area contributed by atoms with E-state index in [-0.39, 0.29) is 23.4 Å². The zero-order valence-electron chi connectivity index (χ0n) is 15.9. The van der Waals surface area contributed by atoms with Gasteiger partial charge in [-0.15, -0.1) is 0 Å². The molecule has 160 valence electrons. The fourth-order valence-electron chi connectivity index (χ4n) is 2.74. The molecule has 0 fully saturated rings. The third-order valence-corrected chi connectivity index (χ3v) is 4.15. The number of benzene rings is 2. The Morgan fingerprint density at radius 3 is 2.40 bits per heavy atom. The number of alkyl halides is 3. The second kappa shape index (κ2) is 9.25. The normalized spacial score (nSPS) is 12.0. The van der Waals surface area contributed by atoms with Crippen LogP contribution in [0.25, 0.3) is 0 Å². The van der Waals surface area contributed by atoms with Gasteiger partial charge in [-0.25, -0.2) is 4.79 Å². The van der Waals surface area contributed by atoms with Gasteiger partial charge < -0.3 is 14.8 Å². The number of carbonyl (C=O) groups is 2. The molecule has 8 nitrogen and oxygen atoms in total. The molecule has 1 amide bonds. The van der Waals surface area contributed by atoms with Crippen LogP contribution in [-0.2, 0) is 22.1 Å². The summed E-state index contributed by atoms with van der Waals surface area (Å²) in [6.07, 6.45) is -5.03. The lowest BCUT2D eigenvalue weighted by molar-refractivity contribution is -0.385. The maximum Gasteiger partial charge on any atom is 0.417 e. The van der Waals surface area contributed by atoms with E-state index >= 15 is 0 Å². The van der Waals surface area contributed by atoms with Crippen molar-refractivity contribution in [2.45, 2.75) is 18.6 Å². The molecule has 0 saturated carbocycles. The van der Waals surface area contributed by atoms with Crippen LogP contribution >= 0.6 is 0 Å². The van der Waals surface area contributed by atoms with E-state index in [2.05, 4.69) is 10.1 Å². The van der Waals surface area contributed by atoms with E-state index in [0.717, 1.165) is 31.4 Å². The fourth-order valence-corrected chi connectivity index (χ4v) is 2.74. The van der Waals surface area contributed by atoms with Gasteiger partial charge in [-0.3, -0.25) is 14.9 Å². The number of nitro groups is 1. The minimum Gasteiger partial charge on any atom is -0.490 e. The lowest BCUT2D eigenvalue weighted by atomic mass is 10.0. The molecule has 2 rings (SSSR count). The largest absolute Gasteiger partial charge is 0.490 e. The molecule has 0 aliphatic heterocycles. The second-order valence-corrected chi connectivity index (χ2v) is 6.06. The first kappa shape index (κ1) is 22.7. The number of methoxy groups -OCH3 is 2. The van der Waals surface area contributed by atoms with Crippen LogP contribution in [0.15, 0.2) is 42.5 Å². The lowest BCUT2D eigenvalue weighted by Gasteiger charge is -2.18. The number of carbonyl (C=O) groups excluding carboxylic acids is 2. The highest BCUT2D eigenvalue weighted by Gasteiger charge is 2.35. The minimum atomic E-state index is -4.77. The number of amides is 1. The van der Waals surface area contributed by atoms with Gasteiger partial charge in [0.2, 0.25) is 0 Å². The van der Waals surface area contributed by atoms with Gasteiger partial charge in [0.1, 0.15) is 6.04 Å². The van der Waals surface area contributed by atoms with Crippen LogP contribution in [0.1, 0.15) is 21.5 Å². The maximum absolute atomic E-state index is 13.2. The summed E-state index contributed by atoms with van der Waals surface area (Å²) >= 11 is 0. The number of esters is 1. The van der Waals surface area contributed by atoms with Crippen molar-refractivity contribution in [2.24, 2.45) is 0 Å². The Hall–Kier alpha value is -3.63. The Morgan fingerprint density at radius 2 is 1.83 bits per heavy atom. The van der Waals surface area contributed by atoms with Crippen LogP contribution in [0.2, 0.25) is 0 Å². The van der Waals surface area contributed by atoms with Crippen LogP contribution in [0, 0.1) is 10.1 Å². The highest BCUT2D eigenvalue weighted by atomic mass is 19.4. The van der Waals surface area contributed by atoms with E-state index in [1.54, 1.807) is 0 Å². The molecule has 0 radical (unpaired) electrons. The molecule has 30 heavy (non-hydrogen) atoms. The molecule has 11 heteroatoms. The van der Waals surface area contributed by atoms with Gasteiger partial charge in [-0.05, 0) is 23.8 Å². The first-order valence-corrected chi connectivity index (χ1v) is 8.44. The maximum atomic E-state index is 13.2. The number of rotatable bonds is 7. The van der Waals surface area contributed by atoms with Gasteiger partial charge in [0.15, 0.2) is 5.75 Å². The standard InChI is InChI=1S/C19H17F3N2O6/c1-29-16-8-7-11(10-15(16)24(27)28)9-14(18(26)30-2)23-17(25)12-5-3-4-6-13(12)19(20,21)22/h3-8,10,14H,9H2,1-2H3,(H,23,25)/t14-/m1/s1. The Kier molecular flexibility index (Phi) is 6.98. The predicted octanol–water partition coefficient (Wildman–Crippen LogP) is 3.14. The Bertz CT molecular complexity index is 962. The smallest absolute Gasteiger partial charge is 0.417 e. The van der Waals surface area contributed by atoms with Gasteiger partial charge in [0, 0.05) is 12.5 Å². The number of ether oxygens (including phenoxy) is 2. The zero-order chi connectivity index (χ0) is 22.5. The zero-order valence-corrected chi connectivity index (χ0v) is 15.9. The van der Waals surface area contributed by atoms with Crippen molar-refractivity contribution in [3.05, 3.63) is 69.3 Å². The molecule has 2 aromatic carbocycles.